The van der Waals surface area contributed by atoms with Crippen molar-refractivity contribution in [1.82, 2.24) is 0 Å². The van der Waals surface area contributed by atoms with Gasteiger partial charge in [-0.1, -0.05) is 41.9 Å². The molecule has 1 unspecified atom stereocenters. The van der Waals surface area contributed by atoms with Crippen molar-refractivity contribution in [2.45, 2.75) is 39.6 Å². The fraction of sp³-hybridized carbons (Fsp3) is 0.455. The summed E-state index contributed by atoms with van der Waals surface area (Å²) in [5, 5.41) is 0.806. The summed E-state index contributed by atoms with van der Waals surface area (Å²) in [4.78, 5) is 0. The Morgan fingerprint density at radius 2 is 1.48 bits per heavy atom. The van der Waals surface area contributed by atoms with E-state index < -0.39 is 0 Å². The quantitative estimate of drug-likeness (QED) is 0.514. The maximum absolute atomic E-state index is 6.20. The maximum Gasteiger partial charge on any atom is 0.184 e. The van der Waals surface area contributed by atoms with E-state index in [4.69, 9.17) is 18.9 Å². The van der Waals surface area contributed by atoms with Gasteiger partial charge in [0.1, 0.15) is 17.2 Å². The largest absolute Gasteiger partial charge is 0.493 e. The first kappa shape index (κ1) is 20.2. The second-order valence-electron chi connectivity index (χ2n) is 7.83. The molecular weight excluding hydrogens is 408 g/mol. The van der Waals surface area contributed by atoms with E-state index in [9.17, 15) is 0 Å². The van der Waals surface area contributed by atoms with Crippen LogP contribution in [0.5, 0.6) is 17.2 Å². The lowest BCUT2D eigenvalue weighted by molar-refractivity contribution is -0.300. The molecule has 0 saturated carbocycles. The highest BCUT2D eigenvalue weighted by Crippen LogP contribution is 2.43. The van der Waals surface area contributed by atoms with Gasteiger partial charge in [0.05, 0.1) is 18.8 Å². The fourth-order valence-electron chi connectivity index (χ4n) is 2.67. The first-order valence-corrected chi connectivity index (χ1v) is 10.3. The average Bonchev–Trinajstić information content (AvgIpc) is 2.64. The predicted octanol–water partition coefficient (Wildman–Crippen LogP) is 6.10. The summed E-state index contributed by atoms with van der Waals surface area (Å²) >= 11 is 3.34. The monoisotopic (exact) mass is 434 g/mol. The third kappa shape index (κ3) is 4.84. The van der Waals surface area contributed by atoms with Gasteiger partial charge in [-0.3, -0.25) is 0 Å². The van der Waals surface area contributed by atoms with Crippen molar-refractivity contribution in [1.29, 1.82) is 0 Å². The van der Waals surface area contributed by atoms with Crippen LogP contribution in [0, 0.1) is 5.41 Å². The van der Waals surface area contributed by atoms with E-state index in [1.807, 2.05) is 48.5 Å². The first-order valence-electron chi connectivity index (χ1n) is 9.17. The SMILES string of the molecule is CC1(C)COC(c2ccc(Oc3ccc(OCCBr)cc3)cc2)OC1(C)C. The van der Waals surface area contributed by atoms with Crippen LogP contribution in [-0.4, -0.2) is 24.1 Å². The zero-order valence-electron chi connectivity index (χ0n) is 16.3. The molecule has 2 aromatic rings. The molecule has 4 nitrogen and oxygen atoms in total. The van der Waals surface area contributed by atoms with Crippen molar-refractivity contribution in [2.24, 2.45) is 5.41 Å². The van der Waals surface area contributed by atoms with Crippen LogP contribution in [0.25, 0.3) is 0 Å². The van der Waals surface area contributed by atoms with Crippen LogP contribution in [0.4, 0.5) is 0 Å². The molecule has 1 aliphatic rings. The molecule has 0 radical (unpaired) electrons. The number of ether oxygens (including phenoxy) is 4. The Kier molecular flexibility index (Phi) is 6.14. The number of benzene rings is 2. The minimum Gasteiger partial charge on any atom is -0.493 e. The predicted molar refractivity (Wildman–Crippen MR) is 110 cm³/mol. The first-order chi connectivity index (χ1) is 12.8. The second kappa shape index (κ2) is 8.21. The Hall–Kier alpha value is -1.56. The van der Waals surface area contributed by atoms with E-state index in [0.29, 0.717) is 13.2 Å². The average molecular weight is 435 g/mol. The summed E-state index contributed by atoms with van der Waals surface area (Å²) < 4.78 is 23.6. The smallest absolute Gasteiger partial charge is 0.184 e. The van der Waals surface area contributed by atoms with Crippen LogP contribution >= 0.6 is 15.9 Å². The highest BCUT2D eigenvalue weighted by Gasteiger charge is 2.44. The number of alkyl halides is 1. The molecule has 1 aliphatic heterocycles. The van der Waals surface area contributed by atoms with Crippen molar-refractivity contribution >= 4 is 15.9 Å². The maximum atomic E-state index is 6.20. The molecule has 1 atom stereocenters. The molecule has 3 rings (SSSR count). The standard InChI is InChI=1S/C22H27BrO4/c1-21(2)15-25-20(27-22(21,3)4)16-5-7-18(8-6-16)26-19-11-9-17(10-12-19)24-14-13-23/h5-12,20H,13-15H2,1-4H3. The molecule has 0 amide bonds. The van der Waals surface area contributed by atoms with Gasteiger partial charge in [-0.15, -0.1) is 0 Å². The summed E-state index contributed by atoms with van der Waals surface area (Å²) in [6.07, 6.45) is -0.354. The van der Waals surface area contributed by atoms with Crippen molar-refractivity contribution in [2.75, 3.05) is 18.5 Å². The molecule has 1 fully saturated rings. The lowest BCUT2D eigenvalue weighted by Gasteiger charge is -2.48. The molecule has 5 heteroatoms. The number of halogens is 1. The minimum absolute atomic E-state index is 0.0308. The normalized spacial score (nSPS) is 20.9. The fourth-order valence-corrected chi connectivity index (χ4v) is 2.83. The van der Waals surface area contributed by atoms with E-state index in [1.54, 1.807) is 0 Å². The van der Waals surface area contributed by atoms with Gasteiger partial charge >= 0.3 is 0 Å². The van der Waals surface area contributed by atoms with Crippen molar-refractivity contribution < 1.29 is 18.9 Å². The van der Waals surface area contributed by atoms with E-state index in [2.05, 4.69) is 43.6 Å². The molecule has 1 heterocycles. The number of hydrogen-bond acceptors (Lipinski definition) is 4. The molecule has 1 saturated heterocycles. The lowest BCUT2D eigenvalue weighted by atomic mass is 9.77. The summed E-state index contributed by atoms with van der Waals surface area (Å²) in [5.41, 5.74) is 0.699. The minimum atomic E-state index is -0.354. The Morgan fingerprint density at radius 1 is 0.926 bits per heavy atom. The van der Waals surface area contributed by atoms with Crippen molar-refractivity contribution in [3.8, 4) is 17.2 Å². The molecule has 0 bridgehead atoms. The Morgan fingerprint density at radius 3 is 2.04 bits per heavy atom. The van der Waals surface area contributed by atoms with Crippen LogP contribution in [0.1, 0.15) is 39.5 Å². The van der Waals surface area contributed by atoms with Gasteiger partial charge in [0.15, 0.2) is 6.29 Å². The number of rotatable bonds is 6. The molecule has 0 aromatic heterocycles. The van der Waals surface area contributed by atoms with Crippen LogP contribution in [0.15, 0.2) is 48.5 Å². The topological polar surface area (TPSA) is 36.9 Å². The highest BCUT2D eigenvalue weighted by atomic mass is 79.9. The van der Waals surface area contributed by atoms with Crippen molar-refractivity contribution in [3.63, 3.8) is 0 Å². The van der Waals surface area contributed by atoms with Crippen LogP contribution in [0.2, 0.25) is 0 Å². The lowest BCUT2D eigenvalue weighted by Crippen LogP contribution is -2.50. The third-order valence-electron chi connectivity index (χ3n) is 5.18. The molecule has 27 heavy (non-hydrogen) atoms. The molecule has 0 spiro atoms. The van der Waals surface area contributed by atoms with Gasteiger partial charge in [-0.05, 0) is 50.2 Å². The summed E-state index contributed by atoms with van der Waals surface area (Å²) in [6.45, 7) is 9.86. The van der Waals surface area contributed by atoms with Gasteiger partial charge in [0.2, 0.25) is 0 Å². The van der Waals surface area contributed by atoms with Crippen molar-refractivity contribution in [3.05, 3.63) is 54.1 Å². The molecule has 2 aromatic carbocycles. The van der Waals surface area contributed by atoms with Gasteiger partial charge in [-0.25, -0.2) is 0 Å². The zero-order chi connectivity index (χ0) is 19.5. The van der Waals surface area contributed by atoms with Crippen LogP contribution in [-0.2, 0) is 9.47 Å². The van der Waals surface area contributed by atoms with E-state index in [0.717, 1.165) is 28.1 Å². The van der Waals surface area contributed by atoms with E-state index in [-0.39, 0.29) is 17.3 Å². The summed E-state index contributed by atoms with van der Waals surface area (Å²) in [6, 6.07) is 15.4. The van der Waals surface area contributed by atoms with E-state index >= 15 is 0 Å². The molecule has 0 N–H and O–H groups in total. The summed E-state index contributed by atoms with van der Waals surface area (Å²) in [7, 11) is 0. The Labute approximate surface area is 169 Å². The van der Waals surface area contributed by atoms with Gasteiger partial charge in [0.25, 0.3) is 0 Å². The van der Waals surface area contributed by atoms with Gasteiger partial charge in [-0.2, -0.15) is 0 Å². The summed E-state index contributed by atoms with van der Waals surface area (Å²) in [5.74, 6) is 2.36. The van der Waals surface area contributed by atoms with Crippen LogP contribution < -0.4 is 9.47 Å². The second-order valence-corrected chi connectivity index (χ2v) is 8.63. The molecule has 146 valence electrons. The van der Waals surface area contributed by atoms with Gasteiger partial charge in [0, 0.05) is 16.3 Å². The molecular formula is C22H27BrO4. The number of hydrogen-bond donors (Lipinski definition) is 0. The highest BCUT2D eigenvalue weighted by molar-refractivity contribution is 9.09. The zero-order valence-corrected chi connectivity index (χ0v) is 17.9. The van der Waals surface area contributed by atoms with Crippen LogP contribution in [0.3, 0.4) is 0 Å². The third-order valence-corrected chi connectivity index (χ3v) is 5.51. The molecule has 0 aliphatic carbocycles. The van der Waals surface area contributed by atoms with E-state index in [1.165, 1.54) is 0 Å². The Bertz CT molecular complexity index is 738. The Balaban J connectivity index is 1.62. The van der Waals surface area contributed by atoms with Gasteiger partial charge < -0.3 is 18.9 Å².